The normalized spacial score (nSPS) is 24.4. The first kappa shape index (κ1) is 11.8. The first-order valence-electron chi connectivity index (χ1n) is 6.14. The molecule has 90 valence electrons. The van der Waals surface area contributed by atoms with Crippen LogP contribution < -0.4 is 10.6 Å². The maximum absolute atomic E-state index is 8.83. The van der Waals surface area contributed by atoms with E-state index in [2.05, 4.69) is 24.8 Å². The van der Waals surface area contributed by atoms with Crippen LogP contribution in [0.4, 0.5) is 11.4 Å². The van der Waals surface area contributed by atoms with Crippen LogP contribution in [-0.4, -0.2) is 13.1 Å². The zero-order valence-corrected chi connectivity index (χ0v) is 10.5. The Labute approximate surface area is 103 Å². The number of piperidine rings is 1. The van der Waals surface area contributed by atoms with Crippen molar-refractivity contribution in [3.05, 3.63) is 23.8 Å². The lowest BCUT2D eigenvalue weighted by Gasteiger charge is -2.37. The number of nitrogens with zero attached hydrogens (tertiary/aromatic N) is 2. The Morgan fingerprint density at radius 2 is 1.94 bits per heavy atom. The number of nitrogen functional groups attached to an aromatic ring is 1. The topological polar surface area (TPSA) is 53.0 Å². The van der Waals surface area contributed by atoms with Crippen LogP contribution in [0.15, 0.2) is 18.2 Å². The highest BCUT2D eigenvalue weighted by molar-refractivity contribution is 5.69. The summed E-state index contributed by atoms with van der Waals surface area (Å²) in [7, 11) is 0. The molecule has 0 aliphatic carbocycles. The summed E-state index contributed by atoms with van der Waals surface area (Å²) in [5.74, 6) is 1.41. The molecule has 0 spiro atoms. The lowest BCUT2D eigenvalue weighted by molar-refractivity contribution is 0.357. The summed E-state index contributed by atoms with van der Waals surface area (Å²) < 4.78 is 0. The molecule has 17 heavy (non-hydrogen) atoms. The Morgan fingerprint density at radius 1 is 1.29 bits per heavy atom. The van der Waals surface area contributed by atoms with E-state index in [-0.39, 0.29) is 0 Å². The van der Waals surface area contributed by atoms with Crippen LogP contribution in [0.25, 0.3) is 0 Å². The summed E-state index contributed by atoms with van der Waals surface area (Å²) in [6.07, 6.45) is 1.28. The van der Waals surface area contributed by atoms with E-state index in [1.807, 2.05) is 12.1 Å². The Kier molecular flexibility index (Phi) is 3.23. The summed E-state index contributed by atoms with van der Waals surface area (Å²) in [6, 6.07) is 7.69. The van der Waals surface area contributed by atoms with Gasteiger partial charge in [0.15, 0.2) is 0 Å². The van der Waals surface area contributed by atoms with Crippen molar-refractivity contribution in [3.8, 4) is 6.07 Å². The van der Waals surface area contributed by atoms with Crippen LogP contribution in [0.3, 0.4) is 0 Å². The van der Waals surface area contributed by atoms with E-state index >= 15 is 0 Å². The van der Waals surface area contributed by atoms with Crippen molar-refractivity contribution in [1.82, 2.24) is 0 Å². The molecule has 0 bridgehead atoms. The quantitative estimate of drug-likeness (QED) is 0.753. The zero-order chi connectivity index (χ0) is 12.4. The molecule has 1 heterocycles. The molecule has 0 aromatic heterocycles. The molecule has 3 heteroatoms. The summed E-state index contributed by atoms with van der Waals surface area (Å²) in [4.78, 5) is 2.34. The standard InChI is InChI=1S/C14H19N3/c1-10-5-11(2)9-17(8-10)14-4-3-12(7-15)6-13(14)16/h3-4,6,10-11H,5,8-9,16H2,1-2H3/t10-,11+. The fourth-order valence-corrected chi connectivity index (χ4v) is 2.77. The Morgan fingerprint density at radius 3 is 2.47 bits per heavy atom. The van der Waals surface area contributed by atoms with E-state index in [4.69, 9.17) is 11.0 Å². The molecule has 1 aliphatic heterocycles. The van der Waals surface area contributed by atoms with Gasteiger partial charge in [0, 0.05) is 13.1 Å². The molecule has 1 aromatic rings. The van der Waals surface area contributed by atoms with Gasteiger partial charge in [0.2, 0.25) is 0 Å². The van der Waals surface area contributed by atoms with Gasteiger partial charge >= 0.3 is 0 Å². The largest absolute Gasteiger partial charge is 0.397 e. The molecule has 0 amide bonds. The third kappa shape index (κ3) is 2.52. The molecular weight excluding hydrogens is 210 g/mol. The molecule has 1 fully saturated rings. The van der Waals surface area contributed by atoms with Gasteiger partial charge in [-0.15, -0.1) is 0 Å². The third-order valence-electron chi connectivity index (χ3n) is 3.37. The van der Waals surface area contributed by atoms with Crippen molar-refractivity contribution < 1.29 is 0 Å². The van der Waals surface area contributed by atoms with Gasteiger partial charge in [0.05, 0.1) is 23.0 Å². The lowest BCUT2D eigenvalue weighted by Crippen LogP contribution is -2.39. The third-order valence-corrected chi connectivity index (χ3v) is 3.37. The summed E-state index contributed by atoms with van der Waals surface area (Å²) in [5, 5.41) is 8.83. The second-order valence-corrected chi connectivity index (χ2v) is 5.24. The predicted octanol–water partition coefficient (Wildman–Crippen LogP) is 2.62. The Hall–Kier alpha value is -1.69. The van der Waals surface area contributed by atoms with E-state index in [1.54, 1.807) is 6.07 Å². The molecule has 0 saturated carbocycles. The van der Waals surface area contributed by atoms with Gasteiger partial charge in [-0.2, -0.15) is 5.26 Å². The molecule has 2 atom stereocenters. The van der Waals surface area contributed by atoms with Gasteiger partial charge in [-0.05, 0) is 36.5 Å². The van der Waals surface area contributed by atoms with Crippen molar-refractivity contribution in [2.24, 2.45) is 11.8 Å². The molecule has 0 radical (unpaired) electrons. The van der Waals surface area contributed by atoms with Gasteiger partial charge < -0.3 is 10.6 Å². The van der Waals surface area contributed by atoms with Crippen molar-refractivity contribution in [2.45, 2.75) is 20.3 Å². The van der Waals surface area contributed by atoms with Crippen molar-refractivity contribution in [3.63, 3.8) is 0 Å². The average Bonchev–Trinajstić information content (AvgIpc) is 2.27. The van der Waals surface area contributed by atoms with Crippen LogP contribution in [-0.2, 0) is 0 Å². The number of hydrogen-bond acceptors (Lipinski definition) is 3. The molecule has 1 aliphatic rings. The van der Waals surface area contributed by atoms with Crippen molar-refractivity contribution in [1.29, 1.82) is 5.26 Å². The second-order valence-electron chi connectivity index (χ2n) is 5.24. The highest BCUT2D eigenvalue weighted by Gasteiger charge is 2.23. The average molecular weight is 229 g/mol. The van der Waals surface area contributed by atoms with E-state index in [9.17, 15) is 0 Å². The highest BCUT2D eigenvalue weighted by atomic mass is 15.1. The fourth-order valence-electron chi connectivity index (χ4n) is 2.77. The van der Waals surface area contributed by atoms with Crippen LogP contribution >= 0.6 is 0 Å². The van der Waals surface area contributed by atoms with E-state index < -0.39 is 0 Å². The molecule has 3 nitrogen and oxygen atoms in total. The maximum atomic E-state index is 8.83. The van der Waals surface area contributed by atoms with Crippen molar-refractivity contribution >= 4 is 11.4 Å². The van der Waals surface area contributed by atoms with E-state index in [1.165, 1.54) is 6.42 Å². The predicted molar refractivity (Wildman–Crippen MR) is 70.7 cm³/mol. The first-order chi connectivity index (χ1) is 8.10. The van der Waals surface area contributed by atoms with Crippen LogP contribution in [0.1, 0.15) is 25.8 Å². The highest BCUT2D eigenvalue weighted by Crippen LogP contribution is 2.30. The van der Waals surface area contributed by atoms with E-state index in [0.717, 1.165) is 18.8 Å². The number of rotatable bonds is 1. The van der Waals surface area contributed by atoms with Gasteiger partial charge in [-0.3, -0.25) is 0 Å². The Balaban J connectivity index is 2.25. The number of anilines is 2. The van der Waals surface area contributed by atoms with Crippen molar-refractivity contribution in [2.75, 3.05) is 23.7 Å². The monoisotopic (exact) mass is 229 g/mol. The van der Waals surface area contributed by atoms with Gasteiger partial charge in [-0.1, -0.05) is 13.8 Å². The smallest absolute Gasteiger partial charge is 0.0992 e. The molecule has 2 rings (SSSR count). The zero-order valence-electron chi connectivity index (χ0n) is 10.5. The SMILES string of the molecule is C[C@@H]1C[C@H](C)CN(c2ccc(C#N)cc2N)C1. The Bertz CT molecular complexity index is 437. The maximum Gasteiger partial charge on any atom is 0.0992 e. The number of nitriles is 1. The minimum Gasteiger partial charge on any atom is -0.397 e. The minimum absolute atomic E-state index is 0.629. The lowest BCUT2D eigenvalue weighted by atomic mass is 9.91. The fraction of sp³-hybridized carbons (Fsp3) is 0.500. The minimum atomic E-state index is 0.629. The van der Waals surface area contributed by atoms with E-state index in [0.29, 0.717) is 23.1 Å². The molecule has 0 unspecified atom stereocenters. The summed E-state index contributed by atoms with van der Waals surface area (Å²) >= 11 is 0. The summed E-state index contributed by atoms with van der Waals surface area (Å²) in [6.45, 7) is 6.67. The molecular formula is C14H19N3. The molecule has 1 aromatic carbocycles. The number of hydrogen-bond donors (Lipinski definition) is 1. The summed E-state index contributed by atoms with van der Waals surface area (Å²) in [5.41, 5.74) is 8.44. The first-order valence-corrected chi connectivity index (χ1v) is 6.14. The van der Waals surface area contributed by atoms with Gasteiger partial charge in [0.25, 0.3) is 0 Å². The molecule has 2 N–H and O–H groups in total. The van der Waals surface area contributed by atoms with Gasteiger partial charge in [-0.25, -0.2) is 0 Å². The number of benzene rings is 1. The molecule has 1 saturated heterocycles. The van der Waals surface area contributed by atoms with Gasteiger partial charge in [0.1, 0.15) is 0 Å². The second kappa shape index (κ2) is 4.67. The number of nitrogens with two attached hydrogens (primary N) is 1. The van der Waals surface area contributed by atoms with Crippen LogP contribution in [0.2, 0.25) is 0 Å². The van der Waals surface area contributed by atoms with Crippen LogP contribution in [0.5, 0.6) is 0 Å². The van der Waals surface area contributed by atoms with Crippen LogP contribution in [0, 0.1) is 23.2 Å².